The van der Waals surface area contributed by atoms with E-state index in [0.717, 1.165) is 41.2 Å². The molecule has 0 radical (unpaired) electrons. The first-order valence-corrected chi connectivity index (χ1v) is 11.6. The maximum Gasteiger partial charge on any atom is 0.255 e. The van der Waals surface area contributed by atoms with Gasteiger partial charge in [-0.25, -0.2) is 4.68 Å². The minimum absolute atomic E-state index is 0.160. The first-order valence-electron chi connectivity index (χ1n) is 11.6. The maximum atomic E-state index is 13.3. The average molecular weight is 467 g/mol. The largest absolute Gasteiger partial charge is 0.497 e. The van der Waals surface area contributed by atoms with Crippen LogP contribution in [0.3, 0.4) is 0 Å². The lowest BCUT2D eigenvalue weighted by Gasteiger charge is -2.16. The second kappa shape index (κ2) is 9.85. The lowest BCUT2D eigenvalue weighted by Crippen LogP contribution is -2.24. The van der Waals surface area contributed by atoms with Crippen molar-refractivity contribution in [3.05, 3.63) is 96.2 Å². The highest BCUT2D eigenvalue weighted by molar-refractivity contribution is 6.00. The Hall–Kier alpha value is -4.39. The lowest BCUT2D eigenvalue weighted by molar-refractivity contribution is -0.117. The highest BCUT2D eigenvalue weighted by atomic mass is 16.5. The number of hydrogen-bond donors (Lipinski definition) is 1. The third kappa shape index (κ3) is 4.80. The van der Waals surface area contributed by atoms with Crippen LogP contribution in [-0.2, 0) is 11.3 Å². The number of hydrogen-bond acceptors (Lipinski definition) is 4. The number of nitrogens with zero attached hydrogens (tertiary/aromatic N) is 3. The molecule has 1 saturated heterocycles. The van der Waals surface area contributed by atoms with Crippen molar-refractivity contribution in [2.45, 2.75) is 19.4 Å². The average Bonchev–Trinajstić information content (AvgIpc) is 3.55. The minimum Gasteiger partial charge on any atom is -0.497 e. The zero-order chi connectivity index (χ0) is 24.2. The van der Waals surface area contributed by atoms with Crippen LogP contribution in [0.15, 0.2) is 85.1 Å². The fraction of sp³-hybridized carbons (Fsp3) is 0.179. The van der Waals surface area contributed by atoms with Crippen LogP contribution >= 0.6 is 0 Å². The van der Waals surface area contributed by atoms with Crippen LogP contribution in [0.4, 0.5) is 5.69 Å². The summed E-state index contributed by atoms with van der Waals surface area (Å²) in [6.07, 6.45) is 3.25. The smallest absolute Gasteiger partial charge is 0.255 e. The Balaban J connectivity index is 1.37. The number of carbonyl (C=O) groups excluding carboxylic acids is 2. The number of amides is 2. The van der Waals surface area contributed by atoms with Gasteiger partial charge < -0.3 is 15.0 Å². The molecule has 1 aliphatic heterocycles. The summed E-state index contributed by atoms with van der Waals surface area (Å²) in [5.74, 6) is 0.686. The summed E-state index contributed by atoms with van der Waals surface area (Å²) >= 11 is 0. The highest BCUT2D eigenvalue weighted by Crippen LogP contribution is 2.26. The highest BCUT2D eigenvalue weighted by Gasteiger charge is 2.22. The predicted molar refractivity (Wildman–Crippen MR) is 135 cm³/mol. The number of methoxy groups -OCH3 is 1. The molecule has 176 valence electrons. The SMILES string of the molecule is COc1ccc(-c2nn(-c3ccccc3)cc2C(=O)NCc2ccc(N3CCCC3=O)cc2)cc1. The Morgan fingerprint density at radius 3 is 2.37 bits per heavy atom. The zero-order valence-electron chi connectivity index (χ0n) is 19.5. The van der Waals surface area contributed by atoms with E-state index >= 15 is 0 Å². The third-order valence-electron chi connectivity index (χ3n) is 6.12. The van der Waals surface area contributed by atoms with Crippen molar-refractivity contribution in [3.8, 4) is 22.7 Å². The van der Waals surface area contributed by atoms with Gasteiger partial charge in [0.1, 0.15) is 11.4 Å². The minimum atomic E-state index is -0.211. The Kier molecular flexibility index (Phi) is 6.30. The molecule has 0 atom stereocenters. The molecular formula is C28H26N4O3. The predicted octanol–water partition coefficient (Wildman–Crippen LogP) is 4.60. The number of benzene rings is 3. The van der Waals surface area contributed by atoms with Crippen LogP contribution in [0.2, 0.25) is 0 Å². The molecule has 1 aromatic heterocycles. The number of aromatic nitrogens is 2. The molecule has 1 N–H and O–H groups in total. The summed E-state index contributed by atoms with van der Waals surface area (Å²) in [4.78, 5) is 27.0. The molecule has 0 bridgehead atoms. The van der Waals surface area contributed by atoms with E-state index < -0.39 is 0 Å². The van der Waals surface area contributed by atoms with Crippen molar-refractivity contribution in [1.29, 1.82) is 0 Å². The number of nitrogens with one attached hydrogen (secondary N) is 1. The molecular weight excluding hydrogens is 440 g/mol. The number of ether oxygens (including phenoxy) is 1. The molecule has 2 amide bonds. The van der Waals surface area contributed by atoms with E-state index in [1.54, 1.807) is 18.0 Å². The normalized spacial score (nSPS) is 13.2. The van der Waals surface area contributed by atoms with Crippen molar-refractivity contribution in [2.75, 3.05) is 18.6 Å². The standard InChI is InChI=1S/C28H26N4O3/c1-35-24-15-11-21(12-16-24)27-25(19-32(30-27)23-6-3-2-4-7-23)28(34)29-18-20-9-13-22(14-10-20)31-17-5-8-26(31)33/h2-4,6-7,9-16,19H,5,8,17-18H2,1H3,(H,29,34). The van der Waals surface area contributed by atoms with Gasteiger partial charge in [0.25, 0.3) is 5.91 Å². The first kappa shape index (κ1) is 22.4. The topological polar surface area (TPSA) is 76.5 Å². The zero-order valence-corrected chi connectivity index (χ0v) is 19.5. The van der Waals surface area contributed by atoms with E-state index in [1.165, 1.54) is 0 Å². The molecule has 7 heteroatoms. The van der Waals surface area contributed by atoms with E-state index in [0.29, 0.717) is 24.2 Å². The molecule has 7 nitrogen and oxygen atoms in total. The quantitative estimate of drug-likeness (QED) is 0.432. The summed E-state index contributed by atoms with van der Waals surface area (Å²) in [6.45, 7) is 1.13. The van der Waals surface area contributed by atoms with Gasteiger partial charge in [-0.2, -0.15) is 5.10 Å². The van der Waals surface area contributed by atoms with Gasteiger partial charge in [0.2, 0.25) is 5.91 Å². The number of carbonyl (C=O) groups is 2. The summed E-state index contributed by atoms with van der Waals surface area (Å²) in [5.41, 5.74) is 4.62. The van der Waals surface area contributed by atoms with E-state index in [2.05, 4.69) is 5.32 Å². The fourth-order valence-electron chi connectivity index (χ4n) is 4.21. The number of anilines is 1. The van der Waals surface area contributed by atoms with Crippen LogP contribution < -0.4 is 15.0 Å². The van der Waals surface area contributed by atoms with Crippen LogP contribution in [0.25, 0.3) is 16.9 Å². The van der Waals surface area contributed by atoms with Gasteiger partial charge in [0.05, 0.1) is 18.4 Å². The van der Waals surface area contributed by atoms with Crippen LogP contribution in [0, 0.1) is 0 Å². The molecule has 1 aliphatic rings. The summed E-state index contributed by atoms with van der Waals surface area (Å²) in [6, 6.07) is 24.9. The van der Waals surface area contributed by atoms with Gasteiger partial charge in [-0.3, -0.25) is 9.59 Å². The second-order valence-electron chi connectivity index (χ2n) is 8.40. The maximum absolute atomic E-state index is 13.3. The lowest BCUT2D eigenvalue weighted by atomic mass is 10.1. The summed E-state index contributed by atoms with van der Waals surface area (Å²) in [5, 5.41) is 7.74. The molecule has 3 aromatic carbocycles. The summed E-state index contributed by atoms with van der Waals surface area (Å²) < 4.78 is 6.98. The molecule has 0 saturated carbocycles. The third-order valence-corrected chi connectivity index (χ3v) is 6.12. The van der Waals surface area contributed by atoms with Gasteiger partial charge in [0.15, 0.2) is 0 Å². The van der Waals surface area contributed by atoms with E-state index in [9.17, 15) is 9.59 Å². The monoisotopic (exact) mass is 466 g/mol. The van der Waals surface area contributed by atoms with Crippen molar-refractivity contribution in [2.24, 2.45) is 0 Å². The summed E-state index contributed by atoms with van der Waals surface area (Å²) in [7, 11) is 1.62. The van der Waals surface area contributed by atoms with Crippen LogP contribution in [-0.4, -0.2) is 35.2 Å². The molecule has 4 aromatic rings. The molecule has 0 aliphatic carbocycles. The van der Waals surface area contributed by atoms with Crippen molar-refractivity contribution >= 4 is 17.5 Å². The Labute approximate surface area is 204 Å². The fourth-order valence-corrected chi connectivity index (χ4v) is 4.21. The van der Waals surface area contributed by atoms with Gasteiger partial charge in [-0.1, -0.05) is 30.3 Å². The van der Waals surface area contributed by atoms with E-state index in [4.69, 9.17) is 9.84 Å². The number of para-hydroxylation sites is 1. The first-order chi connectivity index (χ1) is 17.1. The molecule has 0 unspecified atom stereocenters. The Morgan fingerprint density at radius 1 is 0.971 bits per heavy atom. The molecule has 2 heterocycles. The molecule has 0 spiro atoms. The van der Waals surface area contributed by atoms with Crippen molar-refractivity contribution in [1.82, 2.24) is 15.1 Å². The molecule has 1 fully saturated rings. The Morgan fingerprint density at radius 2 is 1.71 bits per heavy atom. The number of rotatable bonds is 7. The molecule has 35 heavy (non-hydrogen) atoms. The van der Waals surface area contributed by atoms with Crippen molar-refractivity contribution < 1.29 is 14.3 Å². The van der Waals surface area contributed by atoms with Crippen LogP contribution in [0.1, 0.15) is 28.8 Å². The molecule has 5 rings (SSSR count). The van der Waals surface area contributed by atoms with Gasteiger partial charge in [0, 0.05) is 37.0 Å². The van der Waals surface area contributed by atoms with Gasteiger partial charge in [-0.05, 0) is 60.5 Å². The van der Waals surface area contributed by atoms with Gasteiger partial charge in [-0.15, -0.1) is 0 Å². The van der Waals surface area contributed by atoms with E-state index in [-0.39, 0.29) is 11.8 Å². The van der Waals surface area contributed by atoms with Gasteiger partial charge >= 0.3 is 0 Å². The van der Waals surface area contributed by atoms with Crippen molar-refractivity contribution in [3.63, 3.8) is 0 Å². The Bertz CT molecular complexity index is 1330. The van der Waals surface area contributed by atoms with Crippen LogP contribution in [0.5, 0.6) is 5.75 Å². The second-order valence-corrected chi connectivity index (χ2v) is 8.40. The van der Waals surface area contributed by atoms with E-state index in [1.807, 2.05) is 83.8 Å².